The maximum absolute atomic E-state index is 6.48. The molecule has 0 amide bonds. The van der Waals surface area contributed by atoms with Gasteiger partial charge in [0.2, 0.25) is 0 Å². The van der Waals surface area contributed by atoms with Gasteiger partial charge >= 0.3 is 0 Å². The fraction of sp³-hybridized carbons (Fsp3) is 0.667. The highest BCUT2D eigenvalue weighted by Crippen LogP contribution is 2.26. The molecule has 0 radical (unpaired) electrons. The van der Waals surface area contributed by atoms with E-state index in [1.807, 2.05) is 13.0 Å². The van der Waals surface area contributed by atoms with Crippen LogP contribution in [0.1, 0.15) is 43.5 Å². The Morgan fingerprint density at radius 2 is 2.00 bits per heavy atom. The minimum absolute atomic E-state index is 0.0246. The monoisotopic (exact) mass is 247 g/mol. The fourth-order valence-electron chi connectivity index (χ4n) is 2.97. The Kier molecular flexibility index (Phi) is 4.36. The van der Waals surface area contributed by atoms with E-state index < -0.39 is 0 Å². The van der Waals surface area contributed by atoms with Crippen LogP contribution in [-0.2, 0) is 6.54 Å². The number of likely N-dealkylation sites (N-methyl/N-ethyl adjacent to an activating group) is 1. The molecule has 0 spiro atoms. The van der Waals surface area contributed by atoms with Crippen LogP contribution < -0.4 is 5.73 Å². The molecule has 0 aromatic carbocycles. The number of nitrogens with two attached hydrogens (primary N) is 1. The lowest BCUT2D eigenvalue weighted by atomic mass is 9.82. The van der Waals surface area contributed by atoms with Crippen LogP contribution in [-0.4, -0.2) is 29.0 Å². The van der Waals surface area contributed by atoms with Crippen molar-refractivity contribution in [3.8, 4) is 0 Å². The van der Waals surface area contributed by atoms with Gasteiger partial charge in [-0.25, -0.2) is 0 Å². The van der Waals surface area contributed by atoms with Gasteiger partial charge < -0.3 is 5.73 Å². The molecule has 1 saturated carbocycles. The van der Waals surface area contributed by atoms with Gasteiger partial charge in [0.25, 0.3) is 0 Å². The number of nitrogens with zero attached hydrogens (tertiary/aromatic N) is 2. The molecule has 0 unspecified atom stereocenters. The van der Waals surface area contributed by atoms with Crippen LogP contribution in [0.5, 0.6) is 0 Å². The van der Waals surface area contributed by atoms with Gasteiger partial charge in [-0.15, -0.1) is 0 Å². The summed E-state index contributed by atoms with van der Waals surface area (Å²) in [6.07, 6.45) is 6.25. The molecule has 0 bridgehead atoms. The lowest BCUT2D eigenvalue weighted by molar-refractivity contribution is 0.192. The number of hydrogen-bond donors (Lipinski definition) is 1. The standard InChI is InChI=1S/C15H25N3/c1-13-7-6-8-14(17-13)11-18(2)12-15(16)9-4-3-5-10-15/h6-8H,3-5,9-12,16H2,1-2H3. The van der Waals surface area contributed by atoms with E-state index in [9.17, 15) is 0 Å². The molecule has 0 atom stereocenters. The van der Waals surface area contributed by atoms with Crippen molar-refractivity contribution >= 4 is 0 Å². The molecule has 100 valence electrons. The second kappa shape index (κ2) is 5.81. The molecule has 0 saturated heterocycles. The molecular formula is C15H25N3. The summed E-state index contributed by atoms with van der Waals surface area (Å²) in [4.78, 5) is 6.86. The molecule has 18 heavy (non-hydrogen) atoms. The first-order valence-electron chi connectivity index (χ1n) is 6.97. The average Bonchev–Trinajstić information content (AvgIpc) is 2.28. The van der Waals surface area contributed by atoms with E-state index in [0.717, 1.165) is 24.5 Å². The van der Waals surface area contributed by atoms with Gasteiger partial charge in [-0.2, -0.15) is 0 Å². The van der Waals surface area contributed by atoms with Crippen LogP contribution in [0.2, 0.25) is 0 Å². The van der Waals surface area contributed by atoms with Crippen LogP contribution in [0.3, 0.4) is 0 Å². The zero-order valence-corrected chi connectivity index (χ0v) is 11.7. The Morgan fingerprint density at radius 3 is 2.67 bits per heavy atom. The third-order valence-electron chi connectivity index (χ3n) is 3.81. The number of aryl methyl sites for hydroxylation is 1. The second-order valence-electron chi connectivity index (χ2n) is 5.87. The van der Waals surface area contributed by atoms with Crippen molar-refractivity contribution < 1.29 is 0 Å². The van der Waals surface area contributed by atoms with Crippen molar-refractivity contribution in [2.45, 2.75) is 51.1 Å². The van der Waals surface area contributed by atoms with E-state index in [2.05, 4.69) is 29.1 Å². The molecule has 1 aliphatic carbocycles. The molecule has 2 N–H and O–H groups in total. The summed E-state index contributed by atoms with van der Waals surface area (Å²) in [7, 11) is 2.15. The van der Waals surface area contributed by atoms with E-state index in [0.29, 0.717) is 0 Å². The van der Waals surface area contributed by atoms with Crippen LogP contribution in [0.4, 0.5) is 0 Å². The molecule has 0 aliphatic heterocycles. The van der Waals surface area contributed by atoms with E-state index in [4.69, 9.17) is 5.73 Å². The van der Waals surface area contributed by atoms with E-state index >= 15 is 0 Å². The van der Waals surface area contributed by atoms with Gasteiger partial charge in [0.15, 0.2) is 0 Å². The molecule has 1 aromatic rings. The summed E-state index contributed by atoms with van der Waals surface area (Å²) in [6, 6.07) is 6.20. The normalized spacial score (nSPS) is 19.1. The number of hydrogen-bond acceptors (Lipinski definition) is 3. The van der Waals surface area contributed by atoms with Gasteiger partial charge in [0.05, 0.1) is 5.69 Å². The summed E-state index contributed by atoms with van der Waals surface area (Å²) in [5, 5.41) is 0. The molecule has 1 heterocycles. The molecule has 1 aromatic heterocycles. The quantitative estimate of drug-likeness (QED) is 0.889. The lowest BCUT2D eigenvalue weighted by Gasteiger charge is -2.36. The van der Waals surface area contributed by atoms with Crippen LogP contribution in [0.15, 0.2) is 18.2 Å². The Balaban J connectivity index is 1.90. The maximum atomic E-state index is 6.48. The second-order valence-corrected chi connectivity index (χ2v) is 5.87. The van der Waals surface area contributed by atoms with Gasteiger partial charge in [-0.05, 0) is 38.9 Å². The molecule has 2 rings (SSSR count). The fourth-order valence-corrected chi connectivity index (χ4v) is 2.97. The zero-order chi connectivity index (χ0) is 13.0. The Labute approximate surface area is 110 Å². The largest absolute Gasteiger partial charge is 0.324 e. The highest BCUT2D eigenvalue weighted by molar-refractivity contribution is 5.09. The summed E-state index contributed by atoms with van der Waals surface area (Å²) in [6.45, 7) is 3.90. The number of rotatable bonds is 4. The Hall–Kier alpha value is -0.930. The molecular weight excluding hydrogens is 222 g/mol. The third-order valence-corrected chi connectivity index (χ3v) is 3.81. The van der Waals surface area contributed by atoms with Crippen molar-refractivity contribution in [1.29, 1.82) is 0 Å². The van der Waals surface area contributed by atoms with Gasteiger partial charge in [0.1, 0.15) is 0 Å². The van der Waals surface area contributed by atoms with Crippen LogP contribution >= 0.6 is 0 Å². The SMILES string of the molecule is Cc1cccc(CN(C)CC2(N)CCCCC2)n1. The minimum atomic E-state index is 0.0246. The average molecular weight is 247 g/mol. The smallest absolute Gasteiger partial charge is 0.0547 e. The maximum Gasteiger partial charge on any atom is 0.0547 e. The van der Waals surface area contributed by atoms with Crippen molar-refractivity contribution in [2.24, 2.45) is 5.73 Å². The summed E-state index contributed by atoms with van der Waals surface area (Å²) in [5.74, 6) is 0. The van der Waals surface area contributed by atoms with Crippen molar-refractivity contribution in [1.82, 2.24) is 9.88 Å². The third kappa shape index (κ3) is 3.79. The van der Waals surface area contributed by atoms with Crippen molar-refractivity contribution in [2.75, 3.05) is 13.6 Å². The van der Waals surface area contributed by atoms with Crippen LogP contribution in [0, 0.1) is 6.92 Å². The topological polar surface area (TPSA) is 42.1 Å². The van der Waals surface area contributed by atoms with Gasteiger partial charge in [0, 0.05) is 24.3 Å². The first kappa shape index (κ1) is 13.5. The molecule has 1 fully saturated rings. The first-order valence-corrected chi connectivity index (χ1v) is 6.97. The summed E-state index contributed by atoms with van der Waals surface area (Å²) >= 11 is 0. The predicted molar refractivity (Wildman–Crippen MR) is 75.3 cm³/mol. The molecule has 3 heteroatoms. The van der Waals surface area contributed by atoms with Crippen molar-refractivity contribution in [3.05, 3.63) is 29.6 Å². The summed E-state index contributed by atoms with van der Waals surface area (Å²) in [5.41, 5.74) is 8.73. The number of aromatic nitrogens is 1. The highest BCUT2D eigenvalue weighted by Gasteiger charge is 2.28. The van der Waals surface area contributed by atoms with Crippen molar-refractivity contribution in [3.63, 3.8) is 0 Å². The highest BCUT2D eigenvalue weighted by atomic mass is 15.1. The molecule has 1 aliphatic rings. The van der Waals surface area contributed by atoms with Gasteiger partial charge in [-0.1, -0.05) is 25.3 Å². The minimum Gasteiger partial charge on any atom is -0.324 e. The Morgan fingerprint density at radius 1 is 1.28 bits per heavy atom. The van der Waals surface area contributed by atoms with Crippen LogP contribution in [0.25, 0.3) is 0 Å². The van der Waals surface area contributed by atoms with E-state index in [1.54, 1.807) is 0 Å². The van der Waals surface area contributed by atoms with Gasteiger partial charge in [-0.3, -0.25) is 9.88 Å². The summed E-state index contributed by atoms with van der Waals surface area (Å²) < 4.78 is 0. The first-order chi connectivity index (χ1) is 8.57. The Bertz CT molecular complexity index is 383. The van der Waals surface area contributed by atoms with E-state index in [1.165, 1.54) is 32.1 Å². The molecule has 3 nitrogen and oxygen atoms in total. The lowest BCUT2D eigenvalue weighted by Crippen LogP contribution is -2.50. The van der Waals surface area contributed by atoms with E-state index in [-0.39, 0.29) is 5.54 Å². The number of pyridine rings is 1. The predicted octanol–water partition coefficient (Wildman–Crippen LogP) is 2.48. The zero-order valence-electron chi connectivity index (χ0n) is 11.7.